The summed E-state index contributed by atoms with van der Waals surface area (Å²) in [5.74, 6) is 0.239. The van der Waals surface area contributed by atoms with Gasteiger partial charge in [0.05, 0.1) is 56.2 Å². The van der Waals surface area contributed by atoms with Crippen molar-refractivity contribution in [3.8, 4) is 22.6 Å². The number of aromatic nitrogens is 4. The molecule has 3 aliphatic rings. The van der Waals surface area contributed by atoms with Crippen molar-refractivity contribution >= 4 is 54.8 Å². The first-order chi connectivity index (χ1) is 27.8. The SMILES string of the molecule is C1=CCCC(c2cc(-n3c4ccccc4c4cc5c(cc43)c3ccccc3n5-c3cc(C4=CC=CCC4)nc(C4C=CC=CC4)c3)cc(-c3ccccc3)n2)=C1. The zero-order valence-corrected chi connectivity index (χ0v) is 31.1. The molecule has 0 bridgehead atoms. The van der Waals surface area contributed by atoms with E-state index in [4.69, 9.17) is 9.97 Å². The Hall–Kier alpha value is -6.78. The first kappa shape index (κ1) is 32.6. The van der Waals surface area contributed by atoms with Crippen LogP contribution in [0, 0.1) is 0 Å². The standard InChI is InChI=1S/C52H40N4/c1-5-17-35(18-6-1)45-29-39(30-46(53-45)36-19-7-2-8-20-36)55-49-27-15-13-25-41(49)43-34-52-44(33-51(43)55)42-26-14-16-28-50(42)56(52)40-31-47(37-21-9-3-10-22-37)54-48(32-40)38-23-11-4-12-24-38/h1-7,9-11,13-19,21,23,25-34,37H,8,12,20,22,24H2. The average molecular weight is 721 g/mol. The highest BCUT2D eigenvalue weighted by molar-refractivity contribution is 6.19. The Balaban J connectivity index is 1.19. The van der Waals surface area contributed by atoms with Crippen molar-refractivity contribution in [3.05, 3.63) is 193 Å². The fraction of sp³-hybridized carbons (Fsp3) is 0.115. The fourth-order valence-electron chi connectivity index (χ4n) is 9.01. The van der Waals surface area contributed by atoms with Gasteiger partial charge in [0.2, 0.25) is 0 Å². The number of fused-ring (bicyclic) bond motifs is 6. The van der Waals surface area contributed by atoms with E-state index in [1.54, 1.807) is 0 Å². The lowest BCUT2D eigenvalue weighted by Gasteiger charge is -2.19. The van der Waals surface area contributed by atoms with E-state index in [1.807, 2.05) is 0 Å². The molecular weight excluding hydrogens is 681 g/mol. The maximum atomic E-state index is 5.33. The van der Waals surface area contributed by atoms with Crippen LogP contribution in [0.25, 0.3) is 77.4 Å². The summed E-state index contributed by atoms with van der Waals surface area (Å²) >= 11 is 0. The maximum absolute atomic E-state index is 5.33. The highest BCUT2D eigenvalue weighted by Crippen LogP contribution is 2.41. The number of allylic oxidation sites excluding steroid dienone is 12. The molecule has 4 aromatic carbocycles. The van der Waals surface area contributed by atoms with Crippen LogP contribution in [0.5, 0.6) is 0 Å². The molecule has 56 heavy (non-hydrogen) atoms. The lowest BCUT2D eigenvalue weighted by molar-refractivity contribution is 0.809. The first-order valence-electron chi connectivity index (χ1n) is 19.9. The van der Waals surface area contributed by atoms with E-state index in [-0.39, 0.29) is 5.92 Å². The summed E-state index contributed by atoms with van der Waals surface area (Å²) in [4.78, 5) is 10.6. The van der Waals surface area contributed by atoms with Gasteiger partial charge in [-0.25, -0.2) is 4.98 Å². The summed E-state index contributed by atoms with van der Waals surface area (Å²) in [6, 6.07) is 42.4. The molecule has 0 N–H and O–H groups in total. The zero-order chi connectivity index (χ0) is 37.0. The molecule has 4 heterocycles. The Morgan fingerprint density at radius 1 is 0.464 bits per heavy atom. The van der Waals surface area contributed by atoms with Crippen LogP contribution in [0.4, 0.5) is 0 Å². The van der Waals surface area contributed by atoms with Crippen molar-refractivity contribution < 1.29 is 0 Å². The average Bonchev–Trinajstić information content (AvgIpc) is 3.78. The molecule has 1 unspecified atom stereocenters. The van der Waals surface area contributed by atoms with Gasteiger partial charge in [-0.1, -0.05) is 127 Å². The fourth-order valence-corrected chi connectivity index (χ4v) is 9.01. The van der Waals surface area contributed by atoms with Crippen molar-refractivity contribution in [1.29, 1.82) is 0 Å². The summed E-state index contributed by atoms with van der Waals surface area (Å²) in [6.45, 7) is 0. The minimum absolute atomic E-state index is 0.239. The van der Waals surface area contributed by atoms with Gasteiger partial charge < -0.3 is 9.13 Å². The molecule has 0 saturated heterocycles. The summed E-state index contributed by atoms with van der Waals surface area (Å²) in [5, 5.41) is 4.93. The Kier molecular flexibility index (Phi) is 7.87. The van der Waals surface area contributed by atoms with Gasteiger partial charge in [0.1, 0.15) is 0 Å². The highest BCUT2D eigenvalue weighted by atomic mass is 15.0. The molecule has 8 aromatic rings. The minimum Gasteiger partial charge on any atom is -0.309 e. The van der Waals surface area contributed by atoms with E-state index in [0.717, 1.165) is 71.8 Å². The number of hydrogen-bond donors (Lipinski definition) is 0. The summed E-state index contributed by atoms with van der Waals surface area (Å²) in [7, 11) is 0. The molecule has 11 rings (SSSR count). The van der Waals surface area contributed by atoms with E-state index in [2.05, 4.69) is 185 Å². The van der Waals surface area contributed by atoms with Crippen molar-refractivity contribution in [3.63, 3.8) is 0 Å². The molecule has 4 nitrogen and oxygen atoms in total. The molecule has 1 atom stereocenters. The Morgan fingerprint density at radius 2 is 1.04 bits per heavy atom. The molecule has 0 spiro atoms. The lowest BCUT2D eigenvalue weighted by atomic mass is 9.94. The Bertz CT molecular complexity index is 3050. The third-order valence-electron chi connectivity index (χ3n) is 11.7. The van der Waals surface area contributed by atoms with Gasteiger partial charge in [-0.3, -0.25) is 4.98 Å². The van der Waals surface area contributed by atoms with Gasteiger partial charge in [-0.05, 0) is 91.8 Å². The van der Waals surface area contributed by atoms with Gasteiger partial charge in [0, 0.05) is 33.0 Å². The van der Waals surface area contributed by atoms with Crippen molar-refractivity contribution in [2.45, 2.75) is 38.0 Å². The molecule has 4 heteroatoms. The molecule has 0 saturated carbocycles. The molecule has 4 aromatic heterocycles. The van der Waals surface area contributed by atoms with Crippen LogP contribution < -0.4 is 0 Å². The normalized spacial score (nSPS) is 16.7. The minimum atomic E-state index is 0.239. The van der Waals surface area contributed by atoms with Crippen LogP contribution in [0.15, 0.2) is 176 Å². The van der Waals surface area contributed by atoms with E-state index in [0.29, 0.717) is 0 Å². The molecule has 0 radical (unpaired) electrons. The number of nitrogens with zero attached hydrogens (tertiary/aromatic N) is 4. The second-order valence-electron chi connectivity index (χ2n) is 15.2. The van der Waals surface area contributed by atoms with Crippen LogP contribution in [0.1, 0.15) is 55.1 Å². The second-order valence-corrected chi connectivity index (χ2v) is 15.2. The molecule has 0 amide bonds. The Morgan fingerprint density at radius 3 is 1.62 bits per heavy atom. The third kappa shape index (κ3) is 5.52. The smallest absolute Gasteiger partial charge is 0.0730 e. The summed E-state index contributed by atoms with van der Waals surface area (Å²) in [6.07, 6.45) is 27.2. The highest BCUT2D eigenvalue weighted by Gasteiger charge is 2.22. The Labute approximate surface area is 326 Å². The van der Waals surface area contributed by atoms with E-state index in [9.17, 15) is 0 Å². The predicted molar refractivity (Wildman–Crippen MR) is 234 cm³/mol. The molecule has 3 aliphatic carbocycles. The number of rotatable bonds is 6. The number of benzene rings is 4. The number of hydrogen-bond acceptors (Lipinski definition) is 2. The van der Waals surface area contributed by atoms with Crippen molar-refractivity contribution in [2.24, 2.45) is 0 Å². The third-order valence-corrected chi connectivity index (χ3v) is 11.7. The van der Waals surface area contributed by atoms with Gasteiger partial charge in [0.25, 0.3) is 0 Å². The maximum Gasteiger partial charge on any atom is 0.0730 e. The van der Waals surface area contributed by atoms with Crippen LogP contribution in [0.2, 0.25) is 0 Å². The molecular formula is C52H40N4. The van der Waals surface area contributed by atoms with Crippen LogP contribution >= 0.6 is 0 Å². The van der Waals surface area contributed by atoms with Gasteiger partial charge in [0.15, 0.2) is 0 Å². The largest absolute Gasteiger partial charge is 0.309 e. The topological polar surface area (TPSA) is 35.6 Å². The molecule has 268 valence electrons. The monoisotopic (exact) mass is 720 g/mol. The van der Waals surface area contributed by atoms with Gasteiger partial charge in [-0.2, -0.15) is 0 Å². The number of para-hydroxylation sites is 2. The van der Waals surface area contributed by atoms with E-state index < -0.39 is 0 Å². The first-order valence-corrected chi connectivity index (χ1v) is 19.9. The van der Waals surface area contributed by atoms with Gasteiger partial charge >= 0.3 is 0 Å². The predicted octanol–water partition coefficient (Wildman–Crippen LogP) is 13.4. The molecule has 0 fully saturated rings. The summed E-state index contributed by atoms with van der Waals surface area (Å²) in [5.41, 5.74) is 14.9. The summed E-state index contributed by atoms with van der Waals surface area (Å²) < 4.78 is 4.94. The van der Waals surface area contributed by atoms with Gasteiger partial charge in [-0.15, -0.1) is 0 Å². The van der Waals surface area contributed by atoms with Crippen LogP contribution in [-0.2, 0) is 0 Å². The van der Waals surface area contributed by atoms with Crippen molar-refractivity contribution in [2.75, 3.05) is 0 Å². The van der Waals surface area contributed by atoms with Crippen LogP contribution in [0.3, 0.4) is 0 Å². The lowest BCUT2D eigenvalue weighted by Crippen LogP contribution is -2.06. The quantitative estimate of drug-likeness (QED) is 0.171. The molecule has 0 aliphatic heterocycles. The van der Waals surface area contributed by atoms with Crippen LogP contribution in [-0.4, -0.2) is 19.1 Å². The number of pyridine rings is 2. The van der Waals surface area contributed by atoms with Crippen molar-refractivity contribution in [1.82, 2.24) is 19.1 Å². The second kappa shape index (κ2) is 13.5. The van der Waals surface area contributed by atoms with E-state index in [1.165, 1.54) is 54.8 Å². The zero-order valence-electron chi connectivity index (χ0n) is 31.1. The van der Waals surface area contributed by atoms with E-state index >= 15 is 0 Å².